The van der Waals surface area contributed by atoms with Crippen LogP contribution in [0.5, 0.6) is 0 Å². The monoisotopic (exact) mass is 290 g/mol. The Morgan fingerprint density at radius 1 is 1.43 bits per heavy atom. The van der Waals surface area contributed by atoms with E-state index < -0.39 is 0 Å². The molecule has 1 aliphatic rings. The quantitative estimate of drug-likeness (QED) is 0.906. The van der Waals surface area contributed by atoms with Crippen molar-refractivity contribution in [1.29, 1.82) is 0 Å². The number of rotatable bonds is 5. The summed E-state index contributed by atoms with van der Waals surface area (Å²) in [6.45, 7) is 4.89. The van der Waals surface area contributed by atoms with Crippen molar-refractivity contribution in [2.24, 2.45) is 5.92 Å². The van der Waals surface area contributed by atoms with Crippen LogP contribution >= 0.6 is 0 Å². The second-order valence-electron chi connectivity index (χ2n) is 6.23. The van der Waals surface area contributed by atoms with Gasteiger partial charge in [0.05, 0.1) is 11.9 Å². The number of hydrogen-bond acceptors (Lipinski definition) is 4. The molecule has 0 atom stereocenters. The van der Waals surface area contributed by atoms with Gasteiger partial charge in [-0.1, -0.05) is 26.7 Å². The molecule has 1 heterocycles. The lowest BCUT2D eigenvalue weighted by Crippen LogP contribution is -2.32. The van der Waals surface area contributed by atoms with Crippen molar-refractivity contribution >= 4 is 11.6 Å². The van der Waals surface area contributed by atoms with E-state index in [1.807, 2.05) is 25.8 Å². The summed E-state index contributed by atoms with van der Waals surface area (Å²) in [5, 5.41) is 3.02. The lowest BCUT2D eigenvalue weighted by molar-refractivity contribution is 0.0768. The van der Waals surface area contributed by atoms with E-state index >= 15 is 0 Å². The maximum absolute atomic E-state index is 12.7. The molecule has 1 amide bonds. The van der Waals surface area contributed by atoms with Crippen LogP contribution in [0.2, 0.25) is 0 Å². The van der Waals surface area contributed by atoms with Crippen molar-refractivity contribution in [2.75, 3.05) is 26.0 Å². The van der Waals surface area contributed by atoms with Crippen LogP contribution in [0.15, 0.2) is 6.20 Å². The van der Waals surface area contributed by atoms with E-state index in [0.29, 0.717) is 23.1 Å². The minimum Gasteiger partial charge on any atom is -0.385 e. The molecule has 21 heavy (non-hydrogen) atoms. The van der Waals surface area contributed by atoms with Gasteiger partial charge in [-0.3, -0.25) is 4.79 Å². The van der Waals surface area contributed by atoms with Gasteiger partial charge in [-0.25, -0.2) is 9.97 Å². The van der Waals surface area contributed by atoms with Crippen molar-refractivity contribution in [3.05, 3.63) is 17.7 Å². The third kappa shape index (κ3) is 3.71. The van der Waals surface area contributed by atoms with Crippen LogP contribution in [0.3, 0.4) is 0 Å². The smallest absolute Gasteiger partial charge is 0.274 e. The molecule has 0 aromatic carbocycles. The van der Waals surface area contributed by atoms with Crippen molar-refractivity contribution < 1.29 is 4.79 Å². The Morgan fingerprint density at radius 2 is 2.10 bits per heavy atom. The molecular formula is C16H26N4O. The maximum Gasteiger partial charge on any atom is 0.274 e. The van der Waals surface area contributed by atoms with E-state index in [2.05, 4.69) is 15.3 Å². The van der Waals surface area contributed by atoms with E-state index in [1.165, 1.54) is 25.7 Å². The fourth-order valence-electron chi connectivity index (χ4n) is 2.86. The highest BCUT2D eigenvalue weighted by Gasteiger charge is 2.23. The van der Waals surface area contributed by atoms with Gasteiger partial charge < -0.3 is 10.2 Å². The van der Waals surface area contributed by atoms with Crippen molar-refractivity contribution in [1.82, 2.24) is 14.9 Å². The summed E-state index contributed by atoms with van der Waals surface area (Å²) in [6, 6.07) is 0. The lowest BCUT2D eigenvalue weighted by Gasteiger charge is -2.22. The molecule has 1 aromatic heterocycles. The molecule has 0 unspecified atom stereocenters. The van der Waals surface area contributed by atoms with Gasteiger partial charge in [0.25, 0.3) is 5.91 Å². The van der Waals surface area contributed by atoms with E-state index in [0.717, 1.165) is 6.54 Å². The van der Waals surface area contributed by atoms with Crippen LogP contribution in [0.1, 0.15) is 61.8 Å². The Balaban J connectivity index is 2.17. The van der Waals surface area contributed by atoms with E-state index in [-0.39, 0.29) is 11.8 Å². The molecule has 1 N–H and O–H groups in total. The lowest BCUT2D eigenvalue weighted by atomic mass is 10.1. The van der Waals surface area contributed by atoms with Gasteiger partial charge in [0.15, 0.2) is 5.69 Å². The number of carbonyl (C=O) groups is 1. The number of aromatic nitrogens is 2. The Bertz CT molecular complexity index is 495. The molecule has 0 radical (unpaired) electrons. The van der Waals surface area contributed by atoms with Crippen LogP contribution in [0.25, 0.3) is 0 Å². The van der Waals surface area contributed by atoms with Gasteiger partial charge >= 0.3 is 0 Å². The second kappa shape index (κ2) is 6.87. The summed E-state index contributed by atoms with van der Waals surface area (Å²) >= 11 is 0. The van der Waals surface area contributed by atoms with Crippen LogP contribution in [-0.2, 0) is 0 Å². The molecular weight excluding hydrogens is 264 g/mol. The molecule has 1 aliphatic carbocycles. The maximum atomic E-state index is 12.7. The zero-order valence-electron chi connectivity index (χ0n) is 13.5. The first-order valence-electron chi connectivity index (χ1n) is 7.83. The molecule has 1 saturated carbocycles. The van der Waals surface area contributed by atoms with Crippen LogP contribution in [-0.4, -0.2) is 41.4 Å². The zero-order chi connectivity index (χ0) is 15.4. The zero-order valence-corrected chi connectivity index (χ0v) is 13.5. The molecule has 0 aliphatic heterocycles. The van der Waals surface area contributed by atoms with Crippen LogP contribution < -0.4 is 5.32 Å². The first-order chi connectivity index (χ1) is 10.0. The molecule has 1 aromatic rings. The molecule has 0 saturated heterocycles. The molecule has 5 nitrogen and oxygen atoms in total. The third-order valence-corrected chi connectivity index (χ3v) is 4.15. The van der Waals surface area contributed by atoms with Gasteiger partial charge in [0.2, 0.25) is 0 Å². The Hall–Kier alpha value is -1.65. The van der Waals surface area contributed by atoms with Crippen molar-refractivity contribution in [3.8, 4) is 0 Å². The van der Waals surface area contributed by atoms with Crippen LogP contribution in [0, 0.1) is 5.92 Å². The standard InChI is InChI=1S/C16H26N4O/c1-11(2)15-18-9-13(17-3)14(19-15)16(21)20(4)10-12-7-5-6-8-12/h9,11-12,17H,5-8,10H2,1-4H3. The van der Waals surface area contributed by atoms with Crippen LogP contribution in [0.4, 0.5) is 5.69 Å². The first kappa shape index (κ1) is 15.7. The average Bonchev–Trinajstić information content (AvgIpc) is 2.98. The number of carbonyl (C=O) groups excluding carboxylic acids is 1. The fraction of sp³-hybridized carbons (Fsp3) is 0.688. The molecule has 0 bridgehead atoms. The number of nitrogens with one attached hydrogen (secondary N) is 1. The van der Waals surface area contributed by atoms with Gasteiger partial charge in [0, 0.05) is 26.6 Å². The molecule has 1 fully saturated rings. The Kier molecular flexibility index (Phi) is 5.15. The summed E-state index contributed by atoms with van der Waals surface area (Å²) < 4.78 is 0. The summed E-state index contributed by atoms with van der Waals surface area (Å²) in [6.07, 6.45) is 6.76. The van der Waals surface area contributed by atoms with Crippen molar-refractivity contribution in [2.45, 2.75) is 45.4 Å². The normalized spacial score (nSPS) is 15.5. The summed E-state index contributed by atoms with van der Waals surface area (Å²) in [7, 11) is 3.67. The first-order valence-corrected chi connectivity index (χ1v) is 7.83. The second-order valence-corrected chi connectivity index (χ2v) is 6.23. The Labute approximate surface area is 127 Å². The highest BCUT2D eigenvalue weighted by Crippen LogP contribution is 2.26. The van der Waals surface area contributed by atoms with Gasteiger partial charge in [0.1, 0.15) is 5.82 Å². The summed E-state index contributed by atoms with van der Waals surface area (Å²) in [5.41, 5.74) is 1.18. The van der Waals surface area contributed by atoms with Gasteiger partial charge in [-0.05, 0) is 18.8 Å². The number of anilines is 1. The highest BCUT2D eigenvalue weighted by molar-refractivity contribution is 5.97. The van der Waals surface area contributed by atoms with Crippen molar-refractivity contribution in [3.63, 3.8) is 0 Å². The fourth-order valence-corrected chi connectivity index (χ4v) is 2.86. The highest BCUT2D eigenvalue weighted by atomic mass is 16.2. The average molecular weight is 290 g/mol. The predicted molar refractivity (Wildman–Crippen MR) is 84.6 cm³/mol. The minimum atomic E-state index is -0.0180. The SMILES string of the molecule is CNc1cnc(C(C)C)nc1C(=O)N(C)CC1CCCC1. The van der Waals surface area contributed by atoms with E-state index in [1.54, 1.807) is 13.2 Å². The third-order valence-electron chi connectivity index (χ3n) is 4.15. The number of amides is 1. The Morgan fingerprint density at radius 3 is 2.67 bits per heavy atom. The van der Waals surface area contributed by atoms with E-state index in [9.17, 15) is 4.79 Å². The topological polar surface area (TPSA) is 58.1 Å². The minimum absolute atomic E-state index is 0.0180. The van der Waals surface area contributed by atoms with E-state index in [4.69, 9.17) is 0 Å². The number of hydrogen-bond donors (Lipinski definition) is 1. The largest absolute Gasteiger partial charge is 0.385 e. The summed E-state index contributed by atoms with van der Waals surface area (Å²) in [4.78, 5) is 23.3. The molecule has 0 spiro atoms. The molecule has 5 heteroatoms. The predicted octanol–water partition coefficient (Wildman–Crippen LogP) is 2.90. The molecule has 116 valence electrons. The van der Waals surface area contributed by atoms with Gasteiger partial charge in [-0.15, -0.1) is 0 Å². The van der Waals surface area contributed by atoms with Gasteiger partial charge in [-0.2, -0.15) is 0 Å². The number of nitrogens with zero attached hydrogens (tertiary/aromatic N) is 3. The molecule has 2 rings (SSSR count). The summed E-state index contributed by atoms with van der Waals surface area (Å²) in [5.74, 6) is 1.55.